The number of likely N-dealkylation sites (N-methyl/N-ethyl adjacent to an activating group) is 1. The first-order valence-electron chi connectivity index (χ1n) is 14.4. The fourth-order valence-electron chi connectivity index (χ4n) is 6.81. The number of hydrogen-bond acceptors (Lipinski definition) is 6. The summed E-state index contributed by atoms with van der Waals surface area (Å²) in [6.07, 6.45) is 14.1. The maximum absolute atomic E-state index is 4.57. The first-order chi connectivity index (χ1) is 19.6. The average molecular weight is 647 g/mol. The lowest BCUT2D eigenvalue weighted by molar-refractivity contribution is -0.892. The second-order valence-electron chi connectivity index (χ2n) is 11.8. The highest BCUT2D eigenvalue weighted by molar-refractivity contribution is 8.00. The largest absolute Gasteiger partial charge is 1.00 e. The monoisotopic (exact) mass is 645 g/mol. The van der Waals surface area contributed by atoms with Gasteiger partial charge in [-0.1, -0.05) is 67.1 Å². The third kappa shape index (κ3) is 5.64. The van der Waals surface area contributed by atoms with Crippen LogP contribution in [0.4, 0.5) is 22.7 Å². The summed E-state index contributed by atoms with van der Waals surface area (Å²) in [5.41, 5.74) is 5.17. The lowest BCUT2D eigenvalue weighted by atomic mass is 9.97. The first kappa shape index (κ1) is 28.6. The van der Waals surface area contributed by atoms with Gasteiger partial charge in [0, 0.05) is 32.0 Å². The lowest BCUT2D eigenvalue weighted by Gasteiger charge is -2.46. The van der Waals surface area contributed by atoms with Gasteiger partial charge in [0.25, 0.3) is 0 Å². The van der Waals surface area contributed by atoms with E-state index in [0.29, 0.717) is 12.1 Å². The van der Waals surface area contributed by atoms with Gasteiger partial charge in [-0.25, -0.2) is 0 Å². The molecule has 0 saturated carbocycles. The Morgan fingerprint density at radius 1 is 0.610 bits per heavy atom. The molecule has 4 aromatic rings. The van der Waals surface area contributed by atoms with Gasteiger partial charge in [-0.05, 0) is 49.2 Å². The summed E-state index contributed by atoms with van der Waals surface area (Å²) in [6, 6.07) is 23.0. The maximum atomic E-state index is 4.57. The summed E-state index contributed by atoms with van der Waals surface area (Å²) < 4.78 is 0.956. The van der Waals surface area contributed by atoms with E-state index in [1.54, 1.807) is 0 Å². The molecule has 2 unspecified atom stereocenters. The van der Waals surface area contributed by atoms with E-state index in [0.717, 1.165) is 17.6 Å². The molecule has 0 aliphatic carbocycles. The first-order valence-corrected chi connectivity index (χ1v) is 16.0. The minimum Gasteiger partial charge on any atom is -1.00 e. The van der Waals surface area contributed by atoms with Crippen LogP contribution in [0.1, 0.15) is 32.1 Å². The summed E-state index contributed by atoms with van der Waals surface area (Å²) in [6.45, 7) is 2.15. The SMILES string of the molecule is C[N+]1(C)CC(N2c3ccccc3Sc3ccncc32)CCCCCC(N2c3ccccc3Sc3ccncc32)C1.[Br-]. The third-order valence-electron chi connectivity index (χ3n) is 8.45. The molecule has 0 N–H and O–H groups in total. The zero-order chi connectivity index (χ0) is 27.1. The van der Waals surface area contributed by atoms with E-state index in [1.807, 2.05) is 35.9 Å². The molecule has 0 radical (unpaired) electrons. The molecule has 41 heavy (non-hydrogen) atoms. The molecular weight excluding hydrogens is 610 g/mol. The number of quaternary nitrogens is 1. The average Bonchev–Trinajstić information content (AvgIpc) is 2.97. The highest BCUT2D eigenvalue weighted by Crippen LogP contribution is 2.51. The molecule has 2 atom stereocenters. The second-order valence-corrected chi connectivity index (χ2v) is 14.0. The second kappa shape index (κ2) is 12.0. The molecule has 3 aliphatic heterocycles. The van der Waals surface area contributed by atoms with Crippen molar-refractivity contribution in [2.75, 3.05) is 37.0 Å². The Morgan fingerprint density at radius 3 is 1.54 bits per heavy atom. The van der Waals surface area contributed by atoms with Crippen LogP contribution in [0.3, 0.4) is 0 Å². The van der Waals surface area contributed by atoms with Gasteiger partial charge in [0.2, 0.25) is 0 Å². The molecule has 2 aromatic heterocycles. The van der Waals surface area contributed by atoms with Gasteiger partial charge in [0.1, 0.15) is 0 Å². The van der Waals surface area contributed by atoms with Crippen LogP contribution in [-0.2, 0) is 0 Å². The van der Waals surface area contributed by atoms with E-state index >= 15 is 0 Å². The Bertz CT molecular complexity index is 1330. The molecule has 1 fully saturated rings. The van der Waals surface area contributed by atoms with Crippen molar-refractivity contribution in [3.63, 3.8) is 0 Å². The van der Waals surface area contributed by atoms with Crippen LogP contribution < -0.4 is 26.8 Å². The minimum atomic E-state index is 0. The van der Waals surface area contributed by atoms with Crippen LogP contribution in [0.15, 0.2) is 105 Å². The number of benzene rings is 2. The fourth-order valence-corrected chi connectivity index (χ4v) is 8.88. The number of rotatable bonds is 2. The number of fused-ring (bicyclic) bond motifs is 4. The Morgan fingerprint density at radius 2 is 1.05 bits per heavy atom. The van der Waals surface area contributed by atoms with E-state index in [2.05, 4.69) is 107 Å². The Labute approximate surface area is 262 Å². The quantitative estimate of drug-likeness (QED) is 0.280. The zero-order valence-corrected chi connectivity index (χ0v) is 26.8. The van der Waals surface area contributed by atoms with Gasteiger partial charge >= 0.3 is 0 Å². The van der Waals surface area contributed by atoms with Crippen LogP contribution in [0.25, 0.3) is 0 Å². The summed E-state index contributed by atoms with van der Waals surface area (Å²) >= 11 is 3.74. The van der Waals surface area contributed by atoms with Gasteiger partial charge in [-0.3, -0.25) is 9.97 Å². The molecule has 2 aromatic carbocycles. The number of pyridine rings is 2. The molecule has 3 aliphatic rings. The Kier molecular flexibility index (Phi) is 8.37. The molecule has 212 valence electrons. The topological polar surface area (TPSA) is 32.3 Å². The zero-order valence-electron chi connectivity index (χ0n) is 23.6. The maximum Gasteiger partial charge on any atom is 0.0994 e. The van der Waals surface area contributed by atoms with Crippen LogP contribution in [-0.4, -0.2) is 53.7 Å². The van der Waals surface area contributed by atoms with Crippen molar-refractivity contribution in [2.45, 2.75) is 63.8 Å². The lowest BCUT2D eigenvalue weighted by Crippen LogP contribution is -3.00. The van der Waals surface area contributed by atoms with Crippen molar-refractivity contribution in [2.24, 2.45) is 0 Å². The molecule has 1 saturated heterocycles. The molecule has 0 bridgehead atoms. The Balaban J connectivity index is 0.00000302. The number of nitrogens with zero attached hydrogens (tertiary/aromatic N) is 5. The summed E-state index contributed by atoms with van der Waals surface area (Å²) in [5, 5.41) is 0. The Hall–Kier alpha value is -2.52. The molecule has 7 rings (SSSR count). The van der Waals surface area contributed by atoms with Crippen molar-refractivity contribution >= 4 is 46.3 Å². The van der Waals surface area contributed by atoms with E-state index in [1.165, 1.54) is 74.4 Å². The highest BCUT2D eigenvalue weighted by atomic mass is 79.9. The standard InChI is InChI=1S/C33H36N5S2.BrH/c1-38(2)22-24(36-26-12-6-8-14-30(26)39-32-16-18-34-20-28(32)36)10-4-3-5-11-25(23-38)37-27-13-7-9-15-31(27)40-33-17-19-35-21-29(33)37;/h6-9,12-21,24-25H,3-5,10-11,22-23H2,1-2H3;1H/q+1;/p-1. The number of aromatic nitrogens is 2. The number of para-hydroxylation sites is 2. The van der Waals surface area contributed by atoms with Crippen LogP contribution in [0.2, 0.25) is 0 Å². The van der Waals surface area contributed by atoms with Gasteiger partial charge in [-0.2, -0.15) is 0 Å². The number of hydrogen-bond donors (Lipinski definition) is 0. The van der Waals surface area contributed by atoms with Crippen molar-refractivity contribution in [1.29, 1.82) is 0 Å². The van der Waals surface area contributed by atoms with Gasteiger partial charge in [-0.15, -0.1) is 0 Å². The smallest absolute Gasteiger partial charge is 0.0994 e. The van der Waals surface area contributed by atoms with Crippen molar-refractivity contribution < 1.29 is 21.5 Å². The van der Waals surface area contributed by atoms with Crippen molar-refractivity contribution in [3.05, 3.63) is 85.5 Å². The molecule has 8 heteroatoms. The van der Waals surface area contributed by atoms with Crippen molar-refractivity contribution in [1.82, 2.24) is 9.97 Å². The summed E-state index contributed by atoms with van der Waals surface area (Å²) in [7, 11) is 4.87. The molecule has 0 amide bonds. The van der Waals surface area contributed by atoms with E-state index in [9.17, 15) is 0 Å². The van der Waals surface area contributed by atoms with Crippen LogP contribution >= 0.6 is 23.5 Å². The van der Waals surface area contributed by atoms with Crippen LogP contribution in [0, 0.1) is 0 Å². The van der Waals surface area contributed by atoms with Gasteiger partial charge in [0.15, 0.2) is 0 Å². The molecular formula is C33H36BrN5S2. The van der Waals surface area contributed by atoms with E-state index in [-0.39, 0.29) is 17.0 Å². The third-order valence-corrected chi connectivity index (χ3v) is 10.7. The number of halogens is 1. The molecule has 0 spiro atoms. The molecule has 5 heterocycles. The van der Waals surface area contributed by atoms with E-state index in [4.69, 9.17) is 0 Å². The normalized spacial score (nSPS) is 21.4. The predicted octanol–water partition coefficient (Wildman–Crippen LogP) is 5.16. The number of anilines is 4. The van der Waals surface area contributed by atoms with Crippen molar-refractivity contribution in [3.8, 4) is 0 Å². The van der Waals surface area contributed by atoms with Crippen LogP contribution in [0.5, 0.6) is 0 Å². The van der Waals surface area contributed by atoms with Gasteiger partial charge in [0.05, 0.1) is 74.4 Å². The summed E-state index contributed by atoms with van der Waals surface area (Å²) in [5.74, 6) is 0. The summed E-state index contributed by atoms with van der Waals surface area (Å²) in [4.78, 5) is 19.7. The fraction of sp³-hybridized carbons (Fsp3) is 0.333. The predicted molar refractivity (Wildman–Crippen MR) is 166 cm³/mol. The van der Waals surface area contributed by atoms with E-state index < -0.39 is 0 Å². The molecule has 5 nitrogen and oxygen atoms in total. The van der Waals surface area contributed by atoms with Gasteiger partial charge < -0.3 is 31.3 Å². The minimum absolute atomic E-state index is 0. The highest BCUT2D eigenvalue weighted by Gasteiger charge is 2.38.